The van der Waals surface area contributed by atoms with Gasteiger partial charge >= 0.3 is 5.97 Å². The van der Waals surface area contributed by atoms with Gasteiger partial charge in [0.05, 0.1) is 18.7 Å². The molecule has 1 rings (SSSR count). The highest BCUT2D eigenvalue weighted by atomic mass is 16.4. The van der Waals surface area contributed by atoms with Gasteiger partial charge in [0.25, 0.3) is 0 Å². The molecule has 0 saturated heterocycles. The van der Waals surface area contributed by atoms with Crippen molar-refractivity contribution in [3.05, 3.63) is 29.8 Å². The molecule has 14 nitrogen and oxygen atoms in total. The van der Waals surface area contributed by atoms with Crippen molar-refractivity contribution in [1.82, 2.24) is 16.0 Å². The Labute approximate surface area is 201 Å². The zero-order valence-electron chi connectivity index (χ0n) is 19.3. The number of amides is 3. The number of guanidine groups is 1. The number of carbonyl (C=O) groups excluding carboxylic acids is 3. The molecule has 1 aromatic rings. The number of aliphatic imine (C=N–C) groups is 1. The number of aliphatic hydroxyl groups is 1. The largest absolute Gasteiger partial charge is 0.508 e. The Balaban J connectivity index is 2.59. The summed E-state index contributed by atoms with van der Waals surface area (Å²) in [7, 11) is 0. The van der Waals surface area contributed by atoms with E-state index >= 15 is 0 Å². The van der Waals surface area contributed by atoms with Crippen LogP contribution in [0.4, 0.5) is 0 Å². The van der Waals surface area contributed by atoms with E-state index in [-0.39, 0.29) is 31.1 Å². The number of aliphatic carboxylic acids is 1. The standard InChI is InChI=1S/C21H33N7O7/c1-11(29)17(28-18(32)14(22)9-12-4-6-13(30)7-5-12)19(33)26-10-16(31)27-15(20(34)35)3-2-8-25-21(23)24/h4-7,11,14-15,17,29-30H,2-3,8-10,22H2,1H3,(H,26,33)(H,27,31)(H,28,32)(H,34,35)(H4,23,24,25). The number of hydrogen-bond donors (Lipinski definition) is 9. The summed E-state index contributed by atoms with van der Waals surface area (Å²) < 4.78 is 0. The van der Waals surface area contributed by atoms with Gasteiger partial charge in [-0.05, 0) is 43.9 Å². The lowest BCUT2D eigenvalue weighted by Crippen LogP contribution is -2.57. The summed E-state index contributed by atoms with van der Waals surface area (Å²) in [5.41, 5.74) is 16.9. The molecule has 3 amide bonds. The van der Waals surface area contributed by atoms with Gasteiger partial charge in [-0.1, -0.05) is 12.1 Å². The van der Waals surface area contributed by atoms with Crippen LogP contribution in [0.1, 0.15) is 25.3 Å². The molecule has 0 radical (unpaired) electrons. The molecule has 4 atom stereocenters. The molecule has 0 aliphatic carbocycles. The number of nitrogens with one attached hydrogen (secondary N) is 3. The molecule has 12 N–H and O–H groups in total. The molecule has 194 valence electrons. The second-order valence-electron chi connectivity index (χ2n) is 7.83. The van der Waals surface area contributed by atoms with Crippen LogP contribution in [0.3, 0.4) is 0 Å². The summed E-state index contributed by atoms with van der Waals surface area (Å²) in [6, 6.07) is 2.38. The number of hydrogen-bond acceptors (Lipinski definition) is 8. The second kappa shape index (κ2) is 14.4. The van der Waals surface area contributed by atoms with Crippen molar-refractivity contribution in [3.8, 4) is 5.75 Å². The van der Waals surface area contributed by atoms with Gasteiger partial charge in [-0.3, -0.25) is 19.4 Å². The minimum atomic E-state index is -1.41. The van der Waals surface area contributed by atoms with E-state index in [9.17, 15) is 34.5 Å². The van der Waals surface area contributed by atoms with Crippen LogP contribution < -0.4 is 33.2 Å². The maximum Gasteiger partial charge on any atom is 0.326 e. The van der Waals surface area contributed by atoms with Crippen LogP contribution in [-0.4, -0.2) is 82.3 Å². The normalized spacial score (nSPS) is 14.0. The number of carbonyl (C=O) groups is 4. The second-order valence-corrected chi connectivity index (χ2v) is 7.83. The zero-order chi connectivity index (χ0) is 26.5. The maximum absolute atomic E-state index is 12.4. The fourth-order valence-electron chi connectivity index (χ4n) is 2.93. The van der Waals surface area contributed by atoms with Crippen LogP contribution >= 0.6 is 0 Å². The molecule has 0 aromatic heterocycles. The van der Waals surface area contributed by atoms with Crippen LogP contribution in [-0.2, 0) is 25.6 Å². The van der Waals surface area contributed by atoms with Gasteiger partial charge in [0.2, 0.25) is 17.7 Å². The molecule has 0 heterocycles. The summed E-state index contributed by atoms with van der Waals surface area (Å²) in [6.07, 6.45) is -0.855. The van der Waals surface area contributed by atoms with Gasteiger partial charge in [-0.15, -0.1) is 0 Å². The lowest BCUT2D eigenvalue weighted by Gasteiger charge is -2.23. The van der Waals surface area contributed by atoms with Gasteiger partial charge in [0, 0.05) is 6.54 Å². The van der Waals surface area contributed by atoms with E-state index in [0.717, 1.165) is 0 Å². The van der Waals surface area contributed by atoms with Gasteiger partial charge in [-0.2, -0.15) is 0 Å². The Bertz CT molecular complexity index is 902. The van der Waals surface area contributed by atoms with Gasteiger partial charge < -0.3 is 48.5 Å². The Morgan fingerprint density at radius 1 is 1.06 bits per heavy atom. The Morgan fingerprint density at radius 2 is 1.69 bits per heavy atom. The van der Waals surface area contributed by atoms with Crippen molar-refractivity contribution in [2.75, 3.05) is 13.1 Å². The molecule has 0 aliphatic rings. The van der Waals surface area contributed by atoms with Gasteiger partial charge in [-0.25, -0.2) is 4.79 Å². The predicted octanol–water partition coefficient (Wildman–Crippen LogP) is -3.13. The van der Waals surface area contributed by atoms with E-state index in [1.165, 1.54) is 19.1 Å². The lowest BCUT2D eigenvalue weighted by molar-refractivity contribution is -0.142. The highest BCUT2D eigenvalue weighted by Gasteiger charge is 2.28. The average Bonchev–Trinajstić information content (AvgIpc) is 2.78. The molecule has 0 bridgehead atoms. The van der Waals surface area contributed by atoms with E-state index in [1.807, 2.05) is 0 Å². The van der Waals surface area contributed by atoms with E-state index in [0.29, 0.717) is 12.0 Å². The maximum atomic E-state index is 12.4. The number of carboxylic acid groups (broad SMARTS) is 1. The summed E-state index contributed by atoms with van der Waals surface area (Å²) >= 11 is 0. The van der Waals surface area contributed by atoms with E-state index in [1.54, 1.807) is 12.1 Å². The van der Waals surface area contributed by atoms with Crippen molar-refractivity contribution in [3.63, 3.8) is 0 Å². The highest BCUT2D eigenvalue weighted by Crippen LogP contribution is 2.11. The summed E-state index contributed by atoms with van der Waals surface area (Å²) in [6.45, 7) is 0.867. The van der Waals surface area contributed by atoms with E-state index < -0.39 is 54.5 Å². The number of aliphatic hydroxyl groups excluding tert-OH is 1. The third kappa shape index (κ3) is 11.2. The molecule has 4 unspecified atom stereocenters. The molecule has 1 aromatic carbocycles. The molecule has 0 fully saturated rings. The minimum Gasteiger partial charge on any atom is -0.508 e. The van der Waals surface area contributed by atoms with Crippen LogP contribution in [0.15, 0.2) is 29.3 Å². The number of nitrogens with zero attached hydrogens (tertiary/aromatic N) is 1. The van der Waals surface area contributed by atoms with E-state index in [4.69, 9.17) is 17.2 Å². The smallest absolute Gasteiger partial charge is 0.326 e. The molecule has 14 heteroatoms. The van der Waals surface area contributed by atoms with Crippen molar-refractivity contribution in [2.45, 2.75) is 50.4 Å². The van der Waals surface area contributed by atoms with Crippen LogP contribution in [0.5, 0.6) is 5.75 Å². The van der Waals surface area contributed by atoms with Crippen molar-refractivity contribution in [1.29, 1.82) is 0 Å². The molecule has 35 heavy (non-hydrogen) atoms. The molecular formula is C21H33N7O7. The number of benzene rings is 1. The number of rotatable bonds is 14. The first-order valence-electron chi connectivity index (χ1n) is 10.8. The quantitative estimate of drug-likeness (QED) is 0.0712. The average molecular weight is 496 g/mol. The minimum absolute atomic E-state index is 0.0527. The Morgan fingerprint density at radius 3 is 2.23 bits per heavy atom. The van der Waals surface area contributed by atoms with Crippen LogP contribution in [0.25, 0.3) is 0 Å². The third-order valence-corrected chi connectivity index (χ3v) is 4.79. The first kappa shape index (κ1) is 29.1. The topological polar surface area (TPSA) is 255 Å². The van der Waals surface area contributed by atoms with Crippen LogP contribution in [0, 0.1) is 0 Å². The first-order valence-corrected chi connectivity index (χ1v) is 10.8. The highest BCUT2D eigenvalue weighted by molar-refractivity contribution is 5.93. The Hall–Kier alpha value is -3.91. The summed E-state index contributed by atoms with van der Waals surface area (Å²) in [5.74, 6) is -3.71. The monoisotopic (exact) mass is 495 g/mol. The van der Waals surface area contributed by atoms with Crippen LogP contribution in [0.2, 0.25) is 0 Å². The van der Waals surface area contributed by atoms with Gasteiger partial charge in [0.1, 0.15) is 17.8 Å². The number of carboxylic acids is 1. The zero-order valence-corrected chi connectivity index (χ0v) is 19.3. The number of aromatic hydroxyl groups is 1. The molecular weight excluding hydrogens is 462 g/mol. The predicted molar refractivity (Wildman–Crippen MR) is 126 cm³/mol. The fourth-order valence-corrected chi connectivity index (χ4v) is 2.93. The van der Waals surface area contributed by atoms with Gasteiger partial charge in [0.15, 0.2) is 5.96 Å². The molecule has 0 spiro atoms. The van der Waals surface area contributed by atoms with Crippen molar-refractivity contribution >= 4 is 29.7 Å². The Kier molecular flexibility index (Phi) is 12.0. The third-order valence-electron chi connectivity index (χ3n) is 4.79. The molecule has 0 aliphatic heterocycles. The summed E-state index contributed by atoms with van der Waals surface area (Å²) in [5, 5.41) is 35.3. The number of phenols is 1. The SMILES string of the molecule is CC(O)C(NC(=O)C(N)Cc1ccc(O)cc1)C(=O)NCC(=O)NC(CCCN=C(N)N)C(=O)O. The number of phenolic OH excluding ortho intramolecular Hbond substituents is 1. The fraction of sp³-hybridized carbons (Fsp3) is 0.476. The number of nitrogens with two attached hydrogens (primary N) is 3. The van der Waals surface area contributed by atoms with Crippen molar-refractivity contribution < 1.29 is 34.5 Å². The summed E-state index contributed by atoms with van der Waals surface area (Å²) in [4.78, 5) is 52.0. The first-order chi connectivity index (χ1) is 16.4. The van der Waals surface area contributed by atoms with Crippen molar-refractivity contribution in [2.24, 2.45) is 22.2 Å². The molecule has 0 saturated carbocycles. The lowest BCUT2D eigenvalue weighted by atomic mass is 10.0. The van der Waals surface area contributed by atoms with E-state index in [2.05, 4.69) is 20.9 Å².